The summed E-state index contributed by atoms with van der Waals surface area (Å²) in [5.41, 5.74) is 8.23. The van der Waals surface area contributed by atoms with E-state index in [1.165, 1.54) is 37.7 Å². The third kappa shape index (κ3) is 3.80. The number of likely N-dealkylation sites (tertiary alicyclic amines) is 1. The van der Waals surface area contributed by atoms with Crippen LogP contribution in [0, 0.1) is 0 Å². The van der Waals surface area contributed by atoms with Gasteiger partial charge in [-0.05, 0) is 49.3 Å². The second-order valence-corrected chi connectivity index (χ2v) is 6.74. The van der Waals surface area contributed by atoms with Crippen molar-refractivity contribution in [3.63, 3.8) is 0 Å². The number of benzene rings is 1. The molecule has 2 fully saturated rings. The minimum absolute atomic E-state index is 0.0273. The Balaban J connectivity index is 1.57. The first-order chi connectivity index (χ1) is 10.7. The summed E-state index contributed by atoms with van der Waals surface area (Å²) in [5, 5.41) is 2.99. The molecule has 3 N–H and O–H groups in total. The third-order valence-corrected chi connectivity index (χ3v) is 4.98. The van der Waals surface area contributed by atoms with Crippen molar-refractivity contribution in [1.82, 2.24) is 4.90 Å². The van der Waals surface area contributed by atoms with Gasteiger partial charge < -0.3 is 16.0 Å². The van der Waals surface area contributed by atoms with Gasteiger partial charge in [-0.25, -0.2) is 4.79 Å². The summed E-state index contributed by atoms with van der Waals surface area (Å²) in [6, 6.07) is 8.51. The van der Waals surface area contributed by atoms with E-state index in [-0.39, 0.29) is 12.1 Å². The Kier molecular flexibility index (Phi) is 4.98. The van der Waals surface area contributed by atoms with Crippen LogP contribution in [0.1, 0.15) is 56.4 Å². The van der Waals surface area contributed by atoms with Crippen molar-refractivity contribution in [1.29, 1.82) is 0 Å². The average Bonchev–Trinajstić information content (AvgIpc) is 2.56. The van der Waals surface area contributed by atoms with E-state index in [0.717, 1.165) is 25.1 Å². The zero-order valence-corrected chi connectivity index (χ0v) is 13.3. The minimum atomic E-state index is -0.0273. The predicted octanol–water partition coefficient (Wildman–Crippen LogP) is 3.69. The lowest BCUT2D eigenvalue weighted by Crippen LogP contribution is -2.47. The Hall–Kier alpha value is -1.55. The first-order valence-corrected chi connectivity index (χ1v) is 8.64. The molecule has 1 saturated carbocycles. The van der Waals surface area contributed by atoms with Crippen molar-refractivity contribution >= 4 is 11.7 Å². The first kappa shape index (κ1) is 15.3. The maximum Gasteiger partial charge on any atom is 0.321 e. The van der Waals surface area contributed by atoms with Gasteiger partial charge in [-0.1, -0.05) is 31.4 Å². The van der Waals surface area contributed by atoms with E-state index in [1.54, 1.807) is 0 Å². The molecular weight excluding hydrogens is 274 g/mol. The molecule has 0 aromatic heterocycles. The molecule has 2 amide bonds. The topological polar surface area (TPSA) is 58.4 Å². The van der Waals surface area contributed by atoms with Gasteiger partial charge >= 0.3 is 6.03 Å². The standard InChI is InChI=1S/C18H27N3O/c19-16-7-4-12-21(13-16)18(22)20-17-10-8-15(9-11-17)14-5-2-1-3-6-14/h8-11,14,16H,1-7,12-13,19H2,(H,20,22). The summed E-state index contributed by atoms with van der Waals surface area (Å²) in [6.07, 6.45) is 8.68. The van der Waals surface area contributed by atoms with Crippen LogP contribution in [0.25, 0.3) is 0 Å². The number of nitrogens with one attached hydrogen (secondary N) is 1. The van der Waals surface area contributed by atoms with Crippen LogP contribution in [0.15, 0.2) is 24.3 Å². The largest absolute Gasteiger partial charge is 0.326 e. The Labute approximate surface area is 133 Å². The number of rotatable bonds is 2. The molecule has 120 valence electrons. The van der Waals surface area contributed by atoms with Gasteiger partial charge in [0, 0.05) is 24.8 Å². The van der Waals surface area contributed by atoms with Crippen molar-refractivity contribution in [2.24, 2.45) is 5.73 Å². The number of hydrogen-bond acceptors (Lipinski definition) is 2. The van der Waals surface area contributed by atoms with E-state index in [4.69, 9.17) is 5.73 Å². The highest BCUT2D eigenvalue weighted by Crippen LogP contribution is 2.33. The number of piperidine rings is 1. The second kappa shape index (κ2) is 7.14. The first-order valence-electron chi connectivity index (χ1n) is 8.64. The van der Waals surface area contributed by atoms with Crippen molar-refractivity contribution in [2.45, 2.75) is 56.9 Å². The molecule has 1 aliphatic carbocycles. The highest BCUT2D eigenvalue weighted by atomic mass is 16.2. The Morgan fingerprint density at radius 1 is 1.05 bits per heavy atom. The SMILES string of the molecule is NC1CCCN(C(=O)Nc2ccc(C3CCCCC3)cc2)C1. The van der Waals surface area contributed by atoms with Crippen LogP contribution in [-0.2, 0) is 0 Å². The van der Waals surface area contributed by atoms with Crippen LogP contribution in [0.5, 0.6) is 0 Å². The van der Waals surface area contributed by atoms with E-state index in [9.17, 15) is 4.79 Å². The molecule has 0 spiro atoms. The van der Waals surface area contributed by atoms with Crippen LogP contribution in [0.3, 0.4) is 0 Å². The van der Waals surface area contributed by atoms with Gasteiger partial charge in [0.15, 0.2) is 0 Å². The summed E-state index contributed by atoms with van der Waals surface area (Å²) in [7, 11) is 0. The van der Waals surface area contributed by atoms with Crippen LogP contribution in [-0.4, -0.2) is 30.1 Å². The number of hydrogen-bond donors (Lipinski definition) is 2. The van der Waals surface area contributed by atoms with E-state index in [1.807, 2.05) is 17.0 Å². The lowest BCUT2D eigenvalue weighted by molar-refractivity contribution is 0.193. The minimum Gasteiger partial charge on any atom is -0.326 e. The zero-order chi connectivity index (χ0) is 15.4. The lowest BCUT2D eigenvalue weighted by atomic mass is 9.84. The Bertz CT molecular complexity index is 494. The van der Waals surface area contributed by atoms with Crippen LogP contribution in [0.4, 0.5) is 10.5 Å². The number of nitrogens with zero attached hydrogens (tertiary/aromatic N) is 1. The van der Waals surface area contributed by atoms with Crippen molar-refractivity contribution in [3.05, 3.63) is 29.8 Å². The van der Waals surface area contributed by atoms with Gasteiger partial charge in [0.25, 0.3) is 0 Å². The van der Waals surface area contributed by atoms with Crippen LogP contribution >= 0.6 is 0 Å². The number of nitrogens with two attached hydrogens (primary N) is 1. The number of amides is 2. The lowest BCUT2D eigenvalue weighted by Gasteiger charge is -2.30. The number of anilines is 1. The smallest absolute Gasteiger partial charge is 0.321 e. The second-order valence-electron chi connectivity index (χ2n) is 6.74. The normalized spacial score (nSPS) is 23.3. The Morgan fingerprint density at radius 2 is 1.77 bits per heavy atom. The molecule has 0 radical (unpaired) electrons. The summed E-state index contributed by atoms with van der Waals surface area (Å²) in [6.45, 7) is 1.46. The number of carbonyl (C=O) groups is 1. The molecule has 1 atom stereocenters. The van der Waals surface area contributed by atoms with E-state index < -0.39 is 0 Å². The fourth-order valence-corrected chi connectivity index (χ4v) is 3.67. The van der Waals surface area contributed by atoms with Crippen LogP contribution in [0.2, 0.25) is 0 Å². The molecule has 1 aromatic rings. The highest BCUT2D eigenvalue weighted by Gasteiger charge is 2.21. The highest BCUT2D eigenvalue weighted by molar-refractivity contribution is 5.89. The molecule has 1 heterocycles. The molecule has 22 heavy (non-hydrogen) atoms. The van der Waals surface area contributed by atoms with Crippen molar-refractivity contribution in [2.75, 3.05) is 18.4 Å². The van der Waals surface area contributed by atoms with Gasteiger partial charge in [-0.15, -0.1) is 0 Å². The van der Waals surface area contributed by atoms with Crippen molar-refractivity contribution < 1.29 is 4.79 Å². The summed E-state index contributed by atoms with van der Waals surface area (Å²) < 4.78 is 0. The molecule has 1 saturated heterocycles. The van der Waals surface area contributed by atoms with Gasteiger partial charge in [0.05, 0.1) is 0 Å². The fourth-order valence-electron chi connectivity index (χ4n) is 3.67. The molecule has 0 bridgehead atoms. The van der Waals surface area contributed by atoms with Crippen molar-refractivity contribution in [3.8, 4) is 0 Å². The predicted molar refractivity (Wildman–Crippen MR) is 90.1 cm³/mol. The third-order valence-electron chi connectivity index (χ3n) is 4.98. The molecule has 1 aromatic carbocycles. The van der Waals surface area contributed by atoms with Gasteiger partial charge in [-0.3, -0.25) is 0 Å². The molecule has 4 nitrogen and oxygen atoms in total. The quantitative estimate of drug-likeness (QED) is 0.875. The monoisotopic (exact) mass is 301 g/mol. The average molecular weight is 301 g/mol. The molecule has 2 aliphatic rings. The van der Waals surface area contributed by atoms with E-state index in [0.29, 0.717) is 12.5 Å². The summed E-state index contributed by atoms with van der Waals surface area (Å²) in [5.74, 6) is 0.707. The maximum absolute atomic E-state index is 12.3. The molecule has 4 heteroatoms. The van der Waals surface area contributed by atoms with Crippen LogP contribution < -0.4 is 11.1 Å². The van der Waals surface area contributed by atoms with Gasteiger partial charge in [0.2, 0.25) is 0 Å². The summed E-state index contributed by atoms with van der Waals surface area (Å²) in [4.78, 5) is 14.1. The Morgan fingerprint density at radius 3 is 2.45 bits per heavy atom. The number of carbonyl (C=O) groups excluding carboxylic acids is 1. The summed E-state index contributed by atoms with van der Waals surface area (Å²) >= 11 is 0. The number of urea groups is 1. The molecule has 1 aliphatic heterocycles. The van der Waals surface area contributed by atoms with E-state index >= 15 is 0 Å². The molecule has 3 rings (SSSR count). The maximum atomic E-state index is 12.3. The van der Waals surface area contributed by atoms with Gasteiger partial charge in [-0.2, -0.15) is 0 Å². The molecular formula is C18H27N3O. The van der Waals surface area contributed by atoms with E-state index in [2.05, 4.69) is 17.4 Å². The zero-order valence-electron chi connectivity index (χ0n) is 13.3. The molecule has 1 unspecified atom stereocenters. The van der Waals surface area contributed by atoms with Gasteiger partial charge in [0.1, 0.15) is 0 Å². The fraction of sp³-hybridized carbons (Fsp3) is 0.611.